The highest BCUT2D eigenvalue weighted by Gasteiger charge is 2.26. The van der Waals surface area contributed by atoms with Gasteiger partial charge in [-0.15, -0.1) is 0 Å². The molecular formula is C25H38N4. The molecule has 4 heteroatoms. The molecular weight excluding hydrogens is 356 g/mol. The smallest absolute Gasteiger partial charge is 0.232 e. The van der Waals surface area contributed by atoms with Crippen molar-refractivity contribution in [3.8, 4) is 0 Å². The predicted molar refractivity (Wildman–Crippen MR) is 125 cm³/mol. The van der Waals surface area contributed by atoms with E-state index in [9.17, 15) is 0 Å². The van der Waals surface area contributed by atoms with E-state index in [2.05, 4.69) is 63.5 Å². The molecule has 1 aliphatic rings. The molecule has 29 heavy (non-hydrogen) atoms. The number of anilines is 3. The quantitative estimate of drug-likeness (QED) is 0.474. The molecule has 0 radical (unpaired) electrons. The Kier molecular flexibility index (Phi) is 7.15. The van der Waals surface area contributed by atoms with Gasteiger partial charge in [-0.05, 0) is 58.6 Å². The van der Waals surface area contributed by atoms with Crippen molar-refractivity contribution in [2.45, 2.75) is 80.1 Å². The second-order valence-electron chi connectivity index (χ2n) is 8.55. The Labute approximate surface area is 177 Å². The van der Waals surface area contributed by atoms with E-state index in [1.807, 2.05) is 0 Å². The number of benzene rings is 1. The molecule has 158 valence electrons. The minimum Gasteiger partial charge on any atom is -0.356 e. The largest absolute Gasteiger partial charge is 0.356 e. The van der Waals surface area contributed by atoms with Crippen LogP contribution in [0.15, 0.2) is 12.1 Å². The molecule has 0 spiro atoms. The van der Waals surface area contributed by atoms with E-state index in [1.165, 1.54) is 65.9 Å². The molecule has 0 bridgehead atoms. The van der Waals surface area contributed by atoms with E-state index < -0.39 is 0 Å². The fourth-order valence-electron chi connectivity index (χ4n) is 4.72. The number of aromatic nitrogens is 2. The third kappa shape index (κ3) is 4.73. The lowest BCUT2D eigenvalue weighted by molar-refractivity contribution is 0.621. The highest BCUT2D eigenvalue weighted by molar-refractivity contribution is 5.68. The normalized spacial score (nSPS) is 13.1. The van der Waals surface area contributed by atoms with Crippen LogP contribution in [-0.4, -0.2) is 29.6 Å². The van der Waals surface area contributed by atoms with Gasteiger partial charge in [-0.25, -0.2) is 4.98 Å². The Balaban J connectivity index is 1.88. The van der Waals surface area contributed by atoms with Gasteiger partial charge in [0.15, 0.2) is 0 Å². The van der Waals surface area contributed by atoms with Crippen molar-refractivity contribution in [3.63, 3.8) is 0 Å². The molecule has 0 saturated heterocycles. The predicted octanol–water partition coefficient (Wildman–Crippen LogP) is 6.20. The summed E-state index contributed by atoms with van der Waals surface area (Å²) < 4.78 is 0. The third-order valence-corrected chi connectivity index (χ3v) is 6.11. The number of hydrogen-bond donors (Lipinski definition) is 0. The van der Waals surface area contributed by atoms with Gasteiger partial charge in [0.25, 0.3) is 0 Å². The van der Waals surface area contributed by atoms with Crippen LogP contribution in [0.4, 0.5) is 17.5 Å². The number of rotatable bonds is 9. The summed E-state index contributed by atoms with van der Waals surface area (Å²) in [4.78, 5) is 14.8. The number of unbranched alkanes of at least 4 members (excludes halogenated alkanes) is 4. The van der Waals surface area contributed by atoms with Crippen molar-refractivity contribution >= 4 is 17.5 Å². The Hall–Kier alpha value is -2.10. The van der Waals surface area contributed by atoms with Crippen LogP contribution in [0.2, 0.25) is 0 Å². The molecule has 1 aromatic heterocycles. The van der Waals surface area contributed by atoms with Gasteiger partial charge >= 0.3 is 0 Å². The summed E-state index contributed by atoms with van der Waals surface area (Å²) in [5.41, 5.74) is 7.62. The van der Waals surface area contributed by atoms with E-state index in [0.717, 1.165) is 37.7 Å². The lowest BCUT2D eigenvalue weighted by Gasteiger charge is -2.27. The Morgan fingerprint density at radius 2 is 1.62 bits per heavy atom. The first kappa shape index (κ1) is 21.6. The van der Waals surface area contributed by atoms with Gasteiger partial charge in [0.1, 0.15) is 5.82 Å². The molecule has 3 rings (SSSR count). The van der Waals surface area contributed by atoms with Crippen molar-refractivity contribution in [1.29, 1.82) is 0 Å². The minimum atomic E-state index is 0.844. The number of aryl methyl sites for hydroxylation is 4. The number of nitrogens with zero attached hydrogens (tertiary/aromatic N) is 4. The van der Waals surface area contributed by atoms with Gasteiger partial charge in [0.2, 0.25) is 5.95 Å². The van der Waals surface area contributed by atoms with Crippen LogP contribution in [0.25, 0.3) is 0 Å². The highest BCUT2D eigenvalue weighted by Crippen LogP contribution is 2.35. The summed E-state index contributed by atoms with van der Waals surface area (Å²) in [5.74, 6) is 2.01. The molecule has 0 atom stereocenters. The van der Waals surface area contributed by atoms with E-state index in [1.54, 1.807) is 0 Å². The SMILES string of the molecule is CCCCCCCN1CCc2c(C)nc(N(CC)c3c(C)cc(C)cc3C)nc21. The van der Waals surface area contributed by atoms with Gasteiger partial charge < -0.3 is 9.80 Å². The summed E-state index contributed by atoms with van der Waals surface area (Å²) in [6.07, 6.45) is 7.65. The molecule has 0 unspecified atom stereocenters. The van der Waals surface area contributed by atoms with Crippen molar-refractivity contribution in [2.24, 2.45) is 0 Å². The topological polar surface area (TPSA) is 32.3 Å². The van der Waals surface area contributed by atoms with E-state index in [4.69, 9.17) is 9.97 Å². The summed E-state index contributed by atoms with van der Waals surface area (Å²) in [6.45, 7) is 16.2. The van der Waals surface area contributed by atoms with Crippen LogP contribution < -0.4 is 9.80 Å². The van der Waals surface area contributed by atoms with Crippen LogP contribution in [0.3, 0.4) is 0 Å². The standard InChI is InChI=1S/C25H38N4/c1-7-9-10-11-12-14-28-15-13-22-21(6)26-25(27-24(22)28)29(8-2)23-19(4)16-18(3)17-20(23)5/h16-17H,7-15H2,1-6H3. The molecule has 0 aliphatic carbocycles. The van der Waals surface area contributed by atoms with Crippen molar-refractivity contribution < 1.29 is 0 Å². The molecule has 1 aliphatic heterocycles. The lowest BCUT2D eigenvalue weighted by Crippen LogP contribution is -2.25. The molecule has 0 fully saturated rings. The monoisotopic (exact) mass is 394 g/mol. The molecule has 2 heterocycles. The average molecular weight is 395 g/mol. The van der Waals surface area contributed by atoms with Crippen LogP contribution >= 0.6 is 0 Å². The Bertz CT molecular complexity index is 820. The molecule has 0 amide bonds. The van der Waals surface area contributed by atoms with E-state index >= 15 is 0 Å². The summed E-state index contributed by atoms with van der Waals surface area (Å²) >= 11 is 0. The maximum absolute atomic E-state index is 5.10. The van der Waals surface area contributed by atoms with Gasteiger partial charge in [0.05, 0.1) is 0 Å². The van der Waals surface area contributed by atoms with Gasteiger partial charge in [0, 0.05) is 36.6 Å². The highest BCUT2D eigenvalue weighted by atomic mass is 15.3. The molecule has 4 nitrogen and oxygen atoms in total. The molecule has 1 aromatic carbocycles. The van der Waals surface area contributed by atoms with Crippen LogP contribution in [-0.2, 0) is 6.42 Å². The summed E-state index contributed by atoms with van der Waals surface area (Å²) in [5, 5.41) is 0. The number of fused-ring (bicyclic) bond motifs is 1. The summed E-state index contributed by atoms with van der Waals surface area (Å²) in [7, 11) is 0. The first-order valence-corrected chi connectivity index (χ1v) is 11.4. The third-order valence-electron chi connectivity index (χ3n) is 6.11. The second-order valence-corrected chi connectivity index (χ2v) is 8.55. The molecule has 2 aromatic rings. The van der Waals surface area contributed by atoms with Crippen LogP contribution in [0, 0.1) is 27.7 Å². The first-order chi connectivity index (χ1) is 14.0. The fraction of sp³-hybridized carbons (Fsp3) is 0.600. The molecule has 0 saturated carbocycles. The Morgan fingerprint density at radius 1 is 0.931 bits per heavy atom. The molecule has 0 N–H and O–H groups in total. The van der Waals surface area contributed by atoms with Gasteiger partial charge in [-0.3, -0.25) is 0 Å². The Morgan fingerprint density at radius 3 is 2.28 bits per heavy atom. The van der Waals surface area contributed by atoms with Crippen molar-refractivity contribution in [2.75, 3.05) is 29.4 Å². The zero-order valence-electron chi connectivity index (χ0n) is 19.3. The van der Waals surface area contributed by atoms with E-state index in [-0.39, 0.29) is 0 Å². The van der Waals surface area contributed by atoms with Crippen LogP contribution in [0.1, 0.15) is 73.9 Å². The maximum atomic E-state index is 5.10. The second kappa shape index (κ2) is 9.60. The van der Waals surface area contributed by atoms with Crippen LogP contribution in [0.5, 0.6) is 0 Å². The zero-order chi connectivity index (χ0) is 21.0. The minimum absolute atomic E-state index is 0.844. The fourth-order valence-corrected chi connectivity index (χ4v) is 4.72. The van der Waals surface area contributed by atoms with E-state index in [0.29, 0.717) is 0 Å². The maximum Gasteiger partial charge on any atom is 0.232 e. The van der Waals surface area contributed by atoms with Crippen molar-refractivity contribution in [3.05, 3.63) is 40.1 Å². The van der Waals surface area contributed by atoms with Crippen molar-refractivity contribution in [1.82, 2.24) is 9.97 Å². The average Bonchev–Trinajstić information content (AvgIpc) is 3.08. The first-order valence-electron chi connectivity index (χ1n) is 11.4. The summed E-state index contributed by atoms with van der Waals surface area (Å²) in [6, 6.07) is 4.52. The van der Waals surface area contributed by atoms with Gasteiger partial charge in [-0.2, -0.15) is 4.98 Å². The number of hydrogen-bond acceptors (Lipinski definition) is 4. The van der Waals surface area contributed by atoms with Gasteiger partial charge in [-0.1, -0.05) is 50.3 Å². The zero-order valence-corrected chi connectivity index (χ0v) is 19.3. The lowest BCUT2D eigenvalue weighted by atomic mass is 10.0.